The minimum atomic E-state index is -3.58. The van der Waals surface area contributed by atoms with Crippen molar-refractivity contribution in [2.75, 3.05) is 6.61 Å². The molecule has 1 N–H and O–H groups in total. The highest BCUT2D eigenvalue weighted by Crippen LogP contribution is 2.06. The second kappa shape index (κ2) is 6.11. The highest BCUT2D eigenvalue weighted by atomic mass is 32.2. The standard InChI is InChI=1S/C10H17NO3S/c1-2-3-4-7-10-8-5-6-9-14-15(12,13)11-10/h10-11H,2-4,6-7,9H2,1H3. The van der Waals surface area contributed by atoms with Crippen molar-refractivity contribution in [3.05, 3.63) is 0 Å². The SMILES string of the molecule is CCCCCC1C#CCCOS(=O)(=O)N1. The molecule has 1 aliphatic heterocycles. The van der Waals surface area contributed by atoms with E-state index in [-0.39, 0.29) is 12.6 Å². The summed E-state index contributed by atoms with van der Waals surface area (Å²) >= 11 is 0. The number of rotatable bonds is 4. The minimum absolute atomic E-state index is 0.143. The van der Waals surface area contributed by atoms with Crippen molar-refractivity contribution >= 4 is 10.3 Å². The molecule has 0 saturated heterocycles. The molecule has 0 aliphatic carbocycles. The molecular weight excluding hydrogens is 214 g/mol. The molecule has 4 nitrogen and oxygen atoms in total. The first kappa shape index (κ1) is 12.5. The van der Waals surface area contributed by atoms with Crippen LogP contribution >= 0.6 is 0 Å². The molecular formula is C10H17NO3S. The maximum atomic E-state index is 11.3. The van der Waals surface area contributed by atoms with Gasteiger partial charge in [0.2, 0.25) is 0 Å². The fourth-order valence-electron chi connectivity index (χ4n) is 1.37. The summed E-state index contributed by atoms with van der Waals surface area (Å²) in [5, 5.41) is 0. The fourth-order valence-corrected chi connectivity index (χ4v) is 2.26. The summed E-state index contributed by atoms with van der Waals surface area (Å²) in [5.74, 6) is 5.82. The monoisotopic (exact) mass is 231 g/mol. The average Bonchev–Trinajstić information content (AvgIpc) is 2.14. The molecule has 1 unspecified atom stereocenters. The Bertz CT molecular complexity index is 339. The van der Waals surface area contributed by atoms with Crippen molar-refractivity contribution in [2.24, 2.45) is 0 Å². The minimum Gasteiger partial charge on any atom is -0.257 e. The molecule has 0 radical (unpaired) electrons. The van der Waals surface area contributed by atoms with E-state index in [0.717, 1.165) is 25.7 Å². The molecule has 1 aliphatic rings. The van der Waals surface area contributed by atoms with Crippen LogP contribution in [0.25, 0.3) is 0 Å². The van der Waals surface area contributed by atoms with Gasteiger partial charge in [0.25, 0.3) is 0 Å². The molecule has 86 valence electrons. The van der Waals surface area contributed by atoms with Crippen molar-refractivity contribution in [3.63, 3.8) is 0 Å². The zero-order chi connectivity index (χ0) is 11.1. The van der Waals surface area contributed by atoms with Gasteiger partial charge in [-0.3, -0.25) is 4.18 Å². The van der Waals surface area contributed by atoms with Crippen LogP contribution in [-0.4, -0.2) is 21.1 Å². The molecule has 0 fully saturated rings. The smallest absolute Gasteiger partial charge is 0.257 e. The Morgan fingerprint density at radius 1 is 1.47 bits per heavy atom. The maximum Gasteiger partial charge on any atom is 0.336 e. The first-order valence-corrected chi connectivity index (χ1v) is 6.70. The molecule has 0 bridgehead atoms. The molecule has 1 rings (SSSR count). The Morgan fingerprint density at radius 2 is 2.27 bits per heavy atom. The van der Waals surface area contributed by atoms with E-state index in [1.54, 1.807) is 0 Å². The molecule has 1 heterocycles. The van der Waals surface area contributed by atoms with Gasteiger partial charge in [0.1, 0.15) is 0 Å². The fraction of sp³-hybridized carbons (Fsp3) is 0.800. The van der Waals surface area contributed by atoms with Crippen molar-refractivity contribution in [1.82, 2.24) is 4.72 Å². The van der Waals surface area contributed by atoms with Gasteiger partial charge in [0.05, 0.1) is 12.6 Å². The van der Waals surface area contributed by atoms with Gasteiger partial charge < -0.3 is 0 Å². The first-order valence-electron chi connectivity index (χ1n) is 5.29. The van der Waals surface area contributed by atoms with E-state index < -0.39 is 10.3 Å². The summed E-state index contributed by atoms with van der Waals surface area (Å²) in [7, 11) is -3.58. The predicted molar refractivity (Wildman–Crippen MR) is 58.3 cm³/mol. The van der Waals surface area contributed by atoms with Crippen LogP contribution in [-0.2, 0) is 14.5 Å². The number of hydrogen-bond donors (Lipinski definition) is 1. The van der Waals surface area contributed by atoms with Crippen LogP contribution in [0.5, 0.6) is 0 Å². The van der Waals surface area contributed by atoms with E-state index in [9.17, 15) is 8.42 Å². The lowest BCUT2D eigenvalue weighted by Crippen LogP contribution is -2.36. The summed E-state index contributed by atoms with van der Waals surface area (Å²) in [6.45, 7) is 2.25. The zero-order valence-electron chi connectivity index (χ0n) is 8.95. The predicted octanol–water partition coefficient (Wildman–Crippen LogP) is 1.19. The van der Waals surface area contributed by atoms with Gasteiger partial charge in [-0.05, 0) is 6.42 Å². The molecule has 0 aromatic heterocycles. The average molecular weight is 231 g/mol. The Morgan fingerprint density at radius 3 is 3.00 bits per heavy atom. The number of nitrogens with one attached hydrogen (secondary N) is 1. The summed E-state index contributed by atoms with van der Waals surface area (Å²) in [4.78, 5) is 0. The van der Waals surface area contributed by atoms with E-state index in [1.165, 1.54) is 0 Å². The van der Waals surface area contributed by atoms with Crippen LogP contribution in [0, 0.1) is 11.8 Å². The highest BCUT2D eigenvalue weighted by Gasteiger charge is 2.17. The highest BCUT2D eigenvalue weighted by molar-refractivity contribution is 7.84. The third-order valence-electron chi connectivity index (χ3n) is 2.12. The second-order valence-electron chi connectivity index (χ2n) is 3.51. The van der Waals surface area contributed by atoms with Gasteiger partial charge in [-0.15, -0.1) is 0 Å². The van der Waals surface area contributed by atoms with Crippen LogP contribution in [0.3, 0.4) is 0 Å². The molecule has 5 heteroatoms. The van der Waals surface area contributed by atoms with E-state index in [0.29, 0.717) is 6.42 Å². The molecule has 0 aromatic rings. The third kappa shape index (κ3) is 5.17. The Balaban J connectivity index is 2.52. The van der Waals surface area contributed by atoms with Crippen LogP contribution in [0.15, 0.2) is 0 Å². The maximum absolute atomic E-state index is 11.3. The van der Waals surface area contributed by atoms with Crippen molar-refractivity contribution in [3.8, 4) is 11.8 Å². The topological polar surface area (TPSA) is 55.4 Å². The number of hydrogen-bond acceptors (Lipinski definition) is 3. The number of unbranched alkanes of at least 4 members (excludes halogenated alkanes) is 2. The summed E-state index contributed by atoms with van der Waals surface area (Å²) in [5.41, 5.74) is 0. The normalized spacial score (nSPS) is 24.7. The van der Waals surface area contributed by atoms with Gasteiger partial charge in [-0.1, -0.05) is 38.0 Å². The van der Waals surface area contributed by atoms with E-state index in [2.05, 4.69) is 27.7 Å². The Kier molecular flexibility index (Phi) is 5.09. The van der Waals surface area contributed by atoms with E-state index in [4.69, 9.17) is 0 Å². The van der Waals surface area contributed by atoms with Crippen molar-refractivity contribution in [2.45, 2.75) is 45.1 Å². The molecule has 0 saturated carbocycles. The lowest BCUT2D eigenvalue weighted by Gasteiger charge is -2.14. The lowest BCUT2D eigenvalue weighted by molar-refractivity contribution is 0.314. The van der Waals surface area contributed by atoms with E-state index >= 15 is 0 Å². The molecule has 0 aromatic carbocycles. The lowest BCUT2D eigenvalue weighted by atomic mass is 10.1. The van der Waals surface area contributed by atoms with Crippen LogP contribution in [0.1, 0.15) is 39.0 Å². The van der Waals surface area contributed by atoms with Gasteiger partial charge in [-0.25, -0.2) is 0 Å². The zero-order valence-corrected chi connectivity index (χ0v) is 9.77. The summed E-state index contributed by atoms with van der Waals surface area (Å²) < 4.78 is 29.6. The van der Waals surface area contributed by atoms with Crippen LogP contribution < -0.4 is 4.72 Å². The third-order valence-corrected chi connectivity index (χ3v) is 3.17. The quantitative estimate of drug-likeness (QED) is 0.584. The van der Waals surface area contributed by atoms with Gasteiger partial charge in [-0.2, -0.15) is 13.1 Å². The van der Waals surface area contributed by atoms with Crippen LogP contribution in [0.2, 0.25) is 0 Å². The Hall–Kier alpha value is -0.570. The second-order valence-corrected chi connectivity index (χ2v) is 4.89. The van der Waals surface area contributed by atoms with Crippen LogP contribution in [0.4, 0.5) is 0 Å². The largest absolute Gasteiger partial charge is 0.336 e. The van der Waals surface area contributed by atoms with E-state index in [1.807, 2.05) is 0 Å². The van der Waals surface area contributed by atoms with Gasteiger partial charge in [0, 0.05) is 6.42 Å². The Labute approximate surface area is 91.7 Å². The summed E-state index contributed by atoms with van der Waals surface area (Å²) in [6, 6.07) is -0.290. The molecule has 0 amide bonds. The molecule has 15 heavy (non-hydrogen) atoms. The molecule has 1 atom stereocenters. The first-order chi connectivity index (χ1) is 7.14. The molecule has 0 spiro atoms. The van der Waals surface area contributed by atoms with Crippen molar-refractivity contribution in [1.29, 1.82) is 0 Å². The van der Waals surface area contributed by atoms with Crippen molar-refractivity contribution < 1.29 is 12.6 Å². The van der Waals surface area contributed by atoms with Gasteiger partial charge >= 0.3 is 10.3 Å². The van der Waals surface area contributed by atoms with Gasteiger partial charge in [0.15, 0.2) is 0 Å². The summed E-state index contributed by atoms with van der Waals surface area (Å²) in [6.07, 6.45) is 4.43.